The Kier molecular flexibility index (Phi) is 8.50. The van der Waals surface area contributed by atoms with Gasteiger partial charge < -0.3 is 14.8 Å². The standard InChI is InChI=1S/C26H36N2O3/c1-19(2)21-5-7-23(8-6-21)25(28-13-15-30-16-14-28)17-27-26(29)18-31-24-11-9-22(10-12-24)20(3)4/h5-12,19-20,25H,13-18H2,1-4H3,(H,27,29)/t25-/m0/s1. The quantitative estimate of drug-likeness (QED) is 0.644. The zero-order valence-corrected chi connectivity index (χ0v) is 19.3. The second-order valence-electron chi connectivity index (χ2n) is 8.80. The number of rotatable bonds is 9. The van der Waals surface area contributed by atoms with Crippen molar-refractivity contribution < 1.29 is 14.3 Å². The molecule has 3 rings (SSSR count). The van der Waals surface area contributed by atoms with Crippen LogP contribution in [0.1, 0.15) is 62.3 Å². The van der Waals surface area contributed by atoms with Gasteiger partial charge in [-0.15, -0.1) is 0 Å². The third kappa shape index (κ3) is 6.81. The number of benzene rings is 2. The van der Waals surface area contributed by atoms with Crippen LogP contribution in [-0.2, 0) is 9.53 Å². The summed E-state index contributed by atoms with van der Waals surface area (Å²) in [4.78, 5) is 14.9. The van der Waals surface area contributed by atoms with Crippen LogP contribution in [0.15, 0.2) is 48.5 Å². The predicted octanol–water partition coefficient (Wildman–Crippen LogP) is 4.50. The number of ether oxygens (including phenoxy) is 2. The van der Waals surface area contributed by atoms with Crippen molar-refractivity contribution in [3.05, 3.63) is 65.2 Å². The number of hydrogen-bond acceptors (Lipinski definition) is 4. The molecule has 0 unspecified atom stereocenters. The maximum Gasteiger partial charge on any atom is 0.258 e. The van der Waals surface area contributed by atoms with E-state index in [1.54, 1.807) is 0 Å². The Bertz CT molecular complexity index is 810. The van der Waals surface area contributed by atoms with Crippen molar-refractivity contribution in [1.29, 1.82) is 0 Å². The van der Waals surface area contributed by atoms with Gasteiger partial charge in [0.05, 0.1) is 19.3 Å². The van der Waals surface area contributed by atoms with E-state index in [0.29, 0.717) is 24.1 Å². The van der Waals surface area contributed by atoms with Crippen LogP contribution in [0, 0.1) is 0 Å². The van der Waals surface area contributed by atoms with Crippen molar-refractivity contribution >= 4 is 5.91 Å². The van der Waals surface area contributed by atoms with Gasteiger partial charge in [0.2, 0.25) is 0 Å². The fourth-order valence-electron chi connectivity index (χ4n) is 3.81. The Labute approximate surface area is 186 Å². The van der Waals surface area contributed by atoms with E-state index in [2.05, 4.69) is 62.2 Å². The van der Waals surface area contributed by atoms with Gasteiger partial charge in [0, 0.05) is 19.6 Å². The molecule has 1 aliphatic heterocycles. The maximum atomic E-state index is 12.5. The number of amides is 1. The van der Waals surface area contributed by atoms with Crippen LogP contribution >= 0.6 is 0 Å². The molecular weight excluding hydrogens is 388 g/mol. The highest BCUT2D eigenvalue weighted by molar-refractivity contribution is 5.77. The summed E-state index contributed by atoms with van der Waals surface area (Å²) in [6.07, 6.45) is 0. The zero-order valence-electron chi connectivity index (χ0n) is 19.3. The molecule has 0 radical (unpaired) electrons. The molecule has 0 spiro atoms. The second-order valence-corrected chi connectivity index (χ2v) is 8.80. The van der Waals surface area contributed by atoms with E-state index in [0.717, 1.165) is 26.3 Å². The SMILES string of the molecule is CC(C)c1ccc(OCC(=O)NC[C@@H](c2ccc(C(C)C)cc2)N2CCOCC2)cc1. The molecule has 1 atom stereocenters. The van der Waals surface area contributed by atoms with Gasteiger partial charge in [0.15, 0.2) is 6.61 Å². The summed E-state index contributed by atoms with van der Waals surface area (Å²) in [6.45, 7) is 12.5. The lowest BCUT2D eigenvalue weighted by Crippen LogP contribution is -2.44. The van der Waals surface area contributed by atoms with Gasteiger partial charge in [-0.25, -0.2) is 0 Å². The van der Waals surface area contributed by atoms with E-state index >= 15 is 0 Å². The molecule has 1 N–H and O–H groups in total. The van der Waals surface area contributed by atoms with Crippen LogP contribution in [0.25, 0.3) is 0 Å². The van der Waals surface area contributed by atoms with Gasteiger partial charge >= 0.3 is 0 Å². The molecule has 5 heteroatoms. The van der Waals surface area contributed by atoms with Crippen LogP contribution in [-0.4, -0.2) is 50.3 Å². The number of morpholine rings is 1. The summed E-state index contributed by atoms with van der Waals surface area (Å²) in [5, 5.41) is 3.07. The third-order valence-corrected chi connectivity index (χ3v) is 5.88. The molecule has 0 bridgehead atoms. The van der Waals surface area contributed by atoms with Gasteiger partial charge in [-0.3, -0.25) is 9.69 Å². The van der Waals surface area contributed by atoms with E-state index in [1.165, 1.54) is 16.7 Å². The van der Waals surface area contributed by atoms with E-state index in [1.807, 2.05) is 24.3 Å². The lowest BCUT2D eigenvalue weighted by Gasteiger charge is -2.35. The molecule has 2 aromatic rings. The van der Waals surface area contributed by atoms with E-state index in [9.17, 15) is 4.79 Å². The molecule has 0 aromatic heterocycles. The molecule has 1 heterocycles. The molecule has 1 aliphatic rings. The van der Waals surface area contributed by atoms with Crippen LogP contribution in [0.4, 0.5) is 0 Å². The Morgan fingerprint density at radius 1 is 0.903 bits per heavy atom. The van der Waals surface area contributed by atoms with Crippen molar-refractivity contribution in [1.82, 2.24) is 10.2 Å². The Hall–Kier alpha value is -2.37. The van der Waals surface area contributed by atoms with Crippen LogP contribution in [0.5, 0.6) is 5.75 Å². The summed E-state index contributed by atoms with van der Waals surface area (Å²) >= 11 is 0. The number of hydrogen-bond donors (Lipinski definition) is 1. The van der Waals surface area contributed by atoms with Crippen LogP contribution < -0.4 is 10.1 Å². The maximum absolute atomic E-state index is 12.5. The zero-order chi connectivity index (χ0) is 22.2. The summed E-state index contributed by atoms with van der Waals surface area (Å²) < 4.78 is 11.2. The highest BCUT2D eigenvalue weighted by atomic mass is 16.5. The monoisotopic (exact) mass is 424 g/mol. The lowest BCUT2D eigenvalue weighted by atomic mass is 9.98. The largest absolute Gasteiger partial charge is 0.484 e. The molecule has 1 amide bonds. The molecule has 0 saturated carbocycles. The minimum Gasteiger partial charge on any atom is -0.484 e. The number of carbonyl (C=O) groups excluding carboxylic acids is 1. The fourth-order valence-corrected chi connectivity index (χ4v) is 3.81. The van der Waals surface area contributed by atoms with Gasteiger partial charge in [-0.1, -0.05) is 64.1 Å². The first-order chi connectivity index (χ1) is 14.9. The summed E-state index contributed by atoms with van der Waals surface area (Å²) in [5.74, 6) is 1.59. The van der Waals surface area contributed by atoms with Gasteiger partial charge in [0.25, 0.3) is 5.91 Å². The minimum atomic E-state index is -0.106. The van der Waals surface area contributed by atoms with E-state index < -0.39 is 0 Å². The summed E-state index contributed by atoms with van der Waals surface area (Å²) in [7, 11) is 0. The second kappa shape index (κ2) is 11.3. The number of nitrogens with zero attached hydrogens (tertiary/aromatic N) is 1. The van der Waals surface area contributed by atoms with E-state index in [-0.39, 0.29) is 18.6 Å². The van der Waals surface area contributed by atoms with Gasteiger partial charge in [-0.05, 0) is 40.7 Å². The Morgan fingerprint density at radius 2 is 1.42 bits per heavy atom. The molecule has 31 heavy (non-hydrogen) atoms. The average molecular weight is 425 g/mol. The van der Waals surface area contributed by atoms with Gasteiger partial charge in [-0.2, -0.15) is 0 Å². The topological polar surface area (TPSA) is 50.8 Å². The average Bonchev–Trinajstić information content (AvgIpc) is 2.79. The smallest absolute Gasteiger partial charge is 0.258 e. The first-order valence-corrected chi connectivity index (χ1v) is 11.3. The van der Waals surface area contributed by atoms with Crippen molar-refractivity contribution in [2.45, 2.75) is 45.6 Å². The first kappa shape index (κ1) is 23.3. The highest BCUT2D eigenvalue weighted by Gasteiger charge is 2.23. The van der Waals surface area contributed by atoms with Crippen LogP contribution in [0.3, 0.4) is 0 Å². The van der Waals surface area contributed by atoms with Gasteiger partial charge in [0.1, 0.15) is 5.75 Å². The van der Waals surface area contributed by atoms with Crippen molar-refractivity contribution in [2.24, 2.45) is 0 Å². The minimum absolute atomic E-state index is 0.0170. The Morgan fingerprint density at radius 3 is 1.97 bits per heavy atom. The van der Waals surface area contributed by atoms with E-state index in [4.69, 9.17) is 9.47 Å². The molecule has 1 saturated heterocycles. The molecule has 0 aliphatic carbocycles. The predicted molar refractivity (Wildman–Crippen MR) is 125 cm³/mol. The lowest BCUT2D eigenvalue weighted by molar-refractivity contribution is -0.123. The molecule has 168 valence electrons. The van der Waals surface area contributed by atoms with Crippen LogP contribution in [0.2, 0.25) is 0 Å². The van der Waals surface area contributed by atoms with Crippen molar-refractivity contribution in [3.63, 3.8) is 0 Å². The number of nitrogens with one attached hydrogen (secondary N) is 1. The molecule has 2 aromatic carbocycles. The normalized spacial score (nSPS) is 15.8. The number of carbonyl (C=O) groups is 1. The molecule has 1 fully saturated rings. The molecular formula is C26H36N2O3. The van der Waals surface area contributed by atoms with Crippen molar-refractivity contribution in [2.75, 3.05) is 39.5 Å². The van der Waals surface area contributed by atoms with Crippen molar-refractivity contribution in [3.8, 4) is 5.75 Å². The Balaban J connectivity index is 1.58. The summed E-state index contributed by atoms with van der Waals surface area (Å²) in [6, 6.07) is 16.8. The highest BCUT2D eigenvalue weighted by Crippen LogP contribution is 2.24. The summed E-state index contributed by atoms with van der Waals surface area (Å²) in [5.41, 5.74) is 3.80. The third-order valence-electron chi connectivity index (χ3n) is 5.88. The first-order valence-electron chi connectivity index (χ1n) is 11.3. The molecule has 5 nitrogen and oxygen atoms in total. The fraction of sp³-hybridized carbons (Fsp3) is 0.500.